The van der Waals surface area contributed by atoms with Crippen molar-refractivity contribution in [1.82, 2.24) is 10.2 Å². The maximum absolute atomic E-state index is 13.1. The highest BCUT2D eigenvalue weighted by atomic mass is 16.7. The number of benzene rings is 2. The van der Waals surface area contributed by atoms with Crippen LogP contribution in [-0.2, 0) is 16.1 Å². The van der Waals surface area contributed by atoms with Gasteiger partial charge in [0.05, 0.1) is 11.3 Å². The molecule has 0 aliphatic carbocycles. The summed E-state index contributed by atoms with van der Waals surface area (Å²) < 4.78 is 10.7. The van der Waals surface area contributed by atoms with Crippen molar-refractivity contribution in [2.45, 2.75) is 25.4 Å². The van der Waals surface area contributed by atoms with Crippen LogP contribution in [0.15, 0.2) is 36.4 Å². The number of piperidine rings is 1. The van der Waals surface area contributed by atoms with Gasteiger partial charge in [0.1, 0.15) is 6.04 Å². The molecule has 3 heterocycles. The highest BCUT2D eigenvalue weighted by Gasteiger charge is 2.40. The summed E-state index contributed by atoms with van der Waals surface area (Å²) in [7, 11) is 0. The van der Waals surface area contributed by atoms with Gasteiger partial charge in [-0.25, -0.2) is 0 Å². The molecular weight excluding hydrogens is 362 g/mol. The normalized spacial score (nSPS) is 20.2. The van der Waals surface area contributed by atoms with Gasteiger partial charge in [-0.15, -0.1) is 0 Å². The summed E-state index contributed by atoms with van der Waals surface area (Å²) in [5.74, 6) is 0.407. The number of carbonyl (C=O) groups excluding carboxylic acids is 3. The zero-order chi connectivity index (χ0) is 19.3. The molecule has 1 saturated heterocycles. The molecule has 28 heavy (non-hydrogen) atoms. The molecule has 3 amide bonds. The molecule has 3 aliphatic heterocycles. The van der Waals surface area contributed by atoms with Crippen LogP contribution in [0.2, 0.25) is 0 Å². The van der Waals surface area contributed by atoms with E-state index in [4.69, 9.17) is 9.47 Å². The van der Waals surface area contributed by atoms with Gasteiger partial charge in [0, 0.05) is 24.7 Å². The highest BCUT2D eigenvalue weighted by Crippen LogP contribution is 2.37. The molecule has 8 heteroatoms. The number of hydrogen-bond donors (Lipinski definition) is 2. The fraction of sp³-hybridized carbons (Fsp3) is 0.250. The summed E-state index contributed by atoms with van der Waals surface area (Å²) in [6, 6.07) is 10.4. The predicted molar refractivity (Wildman–Crippen MR) is 98.3 cm³/mol. The largest absolute Gasteiger partial charge is 0.454 e. The van der Waals surface area contributed by atoms with E-state index in [9.17, 15) is 14.4 Å². The second-order valence-corrected chi connectivity index (χ2v) is 6.93. The van der Waals surface area contributed by atoms with Crippen LogP contribution in [-0.4, -0.2) is 35.5 Å². The average Bonchev–Trinajstić information content (AvgIpc) is 3.27. The van der Waals surface area contributed by atoms with Crippen LogP contribution in [0.5, 0.6) is 11.5 Å². The number of nitrogens with zero attached hydrogens (tertiary/aromatic N) is 1. The molecule has 0 aromatic heterocycles. The summed E-state index contributed by atoms with van der Waals surface area (Å²) >= 11 is 0. The topological polar surface area (TPSA) is 97.0 Å². The van der Waals surface area contributed by atoms with Crippen LogP contribution in [0.4, 0.5) is 11.4 Å². The first-order chi connectivity index (χ1) is 13.6. The first-order valence-corrected chi connectivity index (χ1v) is 9.03. The lowest BCUT2D eigenvalue weighted by molar-refractivity contribution is -0.136. The Morgan fingerprint density at radius 2 is 1.93 bits per heavy atom. The zero-order valence-electron chi connectivity index (χ0n) is 14.9. The molecule has 1 atom stereocenters. The summed E-state index contributed by atoms with van der Waals surface area (Å²) in [5, 5.41) is 5.59. The monoisotopic (exact) mass is 379 g/mol. The lowest BCUT2D eigenvalue weighted by Gasteiger charge is -2.29. The van der Waals surface area contributed by atoms with Crippen molar-refractivity contribution < 1.29 is 23.9 Å². The van der Waals surface area contributed by atoms with Gasteiger partial charge in [0.25, 0.3) is 5.91 Å². The number of imide groups is 1. The number of amides is 3. The molecule has 2 aromatic carbocycles. The maximum Gasteiger partial charge on any atom is 0.257 e. The molecular formula is C20H17N3O5. The predicted octanol–water partition coefficient (Wildman–Crippen LogP) is 1.92. The van der Waals surface area contributed by atoms with Gasteiger partial charge in [0.2, 0.25) is 18.6 Å². The third-order valence-electron chi connectivity index (χ3n) is 5.20. The van der Waals surface area contributed by atoms with E-state index in [1.165, 1.54) is 4.90 Å². The van der Waals surface area contributed by atoms with Crippen molar-refractivity contribution in [3.8, 4) is 11.5 Å². The lowest BCUT2D eigenvalue weighted by atomic mass is 10.0. The summed E-state index contributed by atoms with van der Waals surface area (Å²) in [4.78, 5) is 38.2. The van der Waals surface area contributed by atoms with E-state index >= 15 is 0 Å². The molecule has 3 aliphatic rings. The first kappa shape index (κ1) is 16.6. The fourth-order valence-corrected chi connectivity index (χ4v) is 3.85. The summed E-state index contributed by atoms with van der Waals surface area (Å²) in [6.45, 7) is 0.538. The van der Waals surface area contributed by atoms with Gasteiger partial charge in [0.15, 0.2) is 11.5 Å². The molecule has 1 fully saturated rings. The van der Waals surface area contributed by atoms with Crippen molar-refractivity contribution >= 4 is 29.1 Å². The first-order valence-electron chi connectivity index (χ1n) is 9.03. The smallest absolute Gasteiger partial charge is 0.257 e. The molecule has 0 saturated carbocycles. The van der Waals surface area contributed by atoms with Gasteiger partial charge in [-0.3, -0.25) is 19.7 Å². The minimum absolute atomic E-state index is 0.193. The standard InChI is InChI=1S/C20H17N3O5/c24-17-7-5-14(19(25)22-17)23-9-11-2-1-3-13(18(11)20(23)26)21-12-4-6-15-16(8-12)28-10-27-15/h1-4,6,8,14,21H,5,7,9-10H2,(H,22,24,25). The van der Waals surface area contributed by atoms with Crippen molar-refractivity contribution in [3.63, 3.8) is 0 Å². The van der Waals surface area contributed by atoms with Crippen molar-refractivity contribution in [3.05, 3.63) is 47.5 Å². The highest BCUT2D eigenvalue weighted by molar-refractivity contribution is 6.08. The molecule has 5 rings (SSSR count). The van der Waals surface area contributed by atoms with Gasteiger partial charge in [-0.1, -0.05) is 12.1 Å². The molecule has 0 radical (unpaired) electrons. The van der Waals surface area contributed by atoms with Gasteiger partial charge in [-0.2, -0.15) is 0 Å². The Hall–Kier alpha value is -3.55. The molecule has 2 N–H and O–H groups in total. The second-order valence-electron chi connectivity index (χ2n) is 6.93. The zero-order valence-corrected chi connectivity index (χ0v) is 14.9. The molecule has 0 spiro atoms. The van der Waals surface area contributed by atoms with Crippen molar-refractivity contribution in [2.75, 3.05) is 12.1 Å². The molecule has 142 valence electrons. The Labute approximate surface area is 160 Å². The number of ether oxygens (including phenoxy) is 2. The minimum atomic E-state index is -0.629. The second kappa shape index (κ2) is 6.26. The number of hydrogen-bond acceptors (Lipinski definition) is 6. The van der Waals surface area contributed by atoms with E-state index in [2.05, 4.69) is 10.6 Å². The van der Waals surface area contributed by atoms with Crippen molar-refractivity contribution in [2.24, 2.45) is 0 Å². The maximum atomic E-state index is 13.1. The van der Waals surface area contributed by atoms with Crippen LogP contribution in [0.3, 0.4) is 0 Å². The average molecular weight is 379 g/mol. The number of rotatable bonds is 3. The van der Waals surface area contributed by atoms with Crippen LogP contribution >= 0.6 is 0 Å². The van der Waals surface area contributed by atoms with E-state index in [0.29, 0.717) is 35.7 Å². The Bertz CT molecular complexity index is 1020. The van der Waals surface area contributed by atoms with E-state index in [0.717, 1.165) is 11.3 Å². The number of fused-ring (bicyclic) bond motifs is 2. The van der Waals surface area contributed by atoms with Crippen LogP contribution < -0.4 is 20.1 Å². The van der Waals surface area contributed by atoms with E-state index in [1.54, 1.807) is 0 Å². The van der Waals surface area contributed by atoms with Gasteiger partial charge in [-0.05, 0) is 30.2 Å². The summed E-state index contributed by atoms with van der Waals surface area (Å²) in [5.41, 5.74) is 2.83. The molecule has 1 unspecified atom stereocenters. The Morgan fingerprint density at radius 3 is 2.79 bits per heavy atom. The molecule has 8 nitrogen and oxygen atoms in total. The Kier molecular flexibility index (Phi) is 3.71. The SMILES string of the molecule is O=C1CCC(N2Cc3cccc(Nc4ccc5c(c4)OCO5)c3C2=O)C(=O)N1. The van der Waals surface area contributed by atoms with E-state index in [-0.39, 0.29) is 25.0 Å². The Morgan fingerprint density at radius 1 is 1.07 bits per heavy atom. The van der Waals surface area contributed by atoms with Crippen molar-refractivity contribution in [1.29, 1.82) is 0 Å². The lowest BCUT2D eigenvalue weighted by Crippen LogP contribution is -2.52. The van der Waals surface area contributed by atoms with Crippen LogP contribution in [0.1, 0.15) is 28.8 Å². The Balaban J connectivity index is 1.42. The van der Waals surface area contributed by atoms with Crippen LogP contribution in [0.25, 0.3) is 0 Å². The van der Waals surface area contributed by atoms with Crippen LogP contribution in [0, 0.1) is 0 Å². The quantitative estimate of drug-likeness (QED) is 0.791. The number of carbonyl (C=O) groups is 3. The summed E-state index contributed by atoms with van der Waals surface area (Å²) in [6.07, 6.45) is 0.578. The van der Waals surface area contributed by atoms with Gasteiger partial charge >= 0.3 is 0 Å². The minimum Gasteiger partial charge on any atom is -0.454 e. The van der Waals surface area contributed by atoms with E-state index < -0.39 is 11.9 Å². The number of anilines is 2. The van der Waals surface area contributed by atoms with E-state index in [1.807, 2.05) is 36.4 Å². The molecule has 0 bridgehead atoms. The van der Waals surface area contributed by atoms with Gasteiger partial charge < -0.3 is 19.7 Å². The fourth-order valence-electron chi connectivity index (χ4n) is 3.85. The molecule has 2 aromatic rings. The third kappa shape index (κ3) is 2.65. The number of nitrogens with one attached hydrogen (secondary N) is 2. The third-order valence-corrected chi connectivity index (χ3v) is 5.20.